The van der Waals surface area contributed by atoms with E-state index in [9.17, 15) is 9.59 Å². The fourth-order valence-electron chi connectivity index (χ4n) is 3.01. The number of nitrogens with zero attached hydrogens (tertiary/aromatic N) is 3. The van der Waals surface area contributed by atoms with E-state index >= 15 is 0 Å². The summed E-state index contributed by atoms with van der Waals surface area (Å²) in [6.45, 7) is 3.46. The van der Waals surface area contributed by atoms with E-state index in [0.717, 1.165) is 22.6 Å². The SMILES string of the molecule is Cc1noc(C)c1COc1ccc(CC(=O)OCC(=O)N(CC#N)c2ccccc2)cc1. The molecule has 3 aromatic rings. The number of hydrogen-bond acceptors (Lipinski definition) is 7. The summed E-state index contributed by atoms with van der Waals surface area (Å²) in [5.74, 6) is 0.367. The van der Waals surface area contributed by atoms with Gasteiger partial charge in [-0.2, -0.15) is 5.26 Å². The summed E-state index contributed by atoms with van der Waals surface area (Å²) < 4.78 is 16.0. The largest absolute Gasteiger partial charge is 0.489 e. The van der Waals surface area contributed by atoms with Crippen LogP contribution in [0.15, 0.2) is 59.1 Å². The molecule has 1 amide bonds. The molecular formula is C24H23N3O5. The van der Waals surface area contributed by atoms with Gasteiger partial charge in [0, 0.05) is 5.69 Å². The molecule has 8 heteroatoms. The molecule has 0 N–H and O–H groups in total. The van der Waals surface area contributed by atoms with Gasteiger partial charge in [0.1, 0.15) is 24.7 Å². The third kappa shape index (κ3) is 5.95. The van der Waals surface area contributed by atoms with Crippen LogP contribution in [-0.2, 0) is 27.4 Å². The van der Waals surface area contributed by atoms with Crippen molar-refractivity contribution in [2.24, 2.45) is 0 Å². The van der Waals surface area contributed by atoms with Gasteiger partial charge in [-0.15, -0.1) is 0 Å². The highest BCUT2D eigenvalue weighted by Crippen LogP contribution is 2.18. The lowest BCUT2D eigenvalue weighted by Crippen LogP contribution is -2.35. The molecule has 2 aromatic carbocycles. The fourth-order valence-corrected chi connectivity index (χ4v) is 3.01. The van der Waals surface area contributed by atoms with Crippen molar-refractivity contribution < 1.29 is 23.6 Å². The third-order valence-electron chi connectivity index (χ3n) is 4.79. The predicted molar refractivity (Wildman–Crippen MR) is 116 cm³/mol. The maximum Gasteiger partial charge on any atom is 0.310 e. The summed E-state index contributed by atoms with van der Waals surface area (Å²) in [7, 11) is 0. The molecular weight excluding hydrogens is 410 g/mol. The van der Waals surface area contributed by atoms with E-state index in [4.69, 9.17) is 19.3 Å². The predicted octanol–water partition coefficient (Wildman–Crippen LogP) is 3.51. The first-order chi connectivity index (χ1) is 15.5. The van der Waals surface area contributed by atoms with Crippen LogP contribution in [0.4, 0.5) is 5.69 Å². The maximum absolute atomic E-state index is 12.4. The number of ether oxygens (including phenoxy) is 2. The molecule has 1 heterocycles. The molecule has 0 saturated heterocycles. The van der Waals surface area contributed by atoms with Crippen LogP contribution >= 0.6 is 0 Å². The maximum atomic E-state index is 12.4. The first-order valence-electron chi connectivity index (χ1n) is 9.99. The van der Waals surface area contributed by atoms with Gasteiger partial charge in [-0.1, -0.05) is 35.5 Å². The molecule has 3 rings (SSSR count). The Morgan fingerprint density at radius 1 is 1.09 bits per heavy atom. The van der Waals surface area contributed by atoms with E-state index in [1.54, 1.807) is 48.5 Å². The number of amides is 1. The van der Waals surface area contributed by atoms with Crippen LogP contribution < -0.4 is 9.64 Å². The van der Waals surface area contributed by atoms with Crippen molar-refractivity contribution in [1.82, 2.24) is 5.16 Å². The number of carbonyl (C=O) groups is 2. The van der Waals surface area contributed by atoms with Crippen LogP contribution in [0.5, 0.6) is 5.75 Å². The molecule has 0 aliphatic rings. The Morgan fingerprint density at radius 3 is 2.44 bits per heavy atom. The molecule has 0 spiro atoms. The standard InChI is InChI=1S/C24H23N3O5/c1-17-22(18(2)32-26-17)15-30-21-10-8-19(9-11-21)14-24(29)31-16-23(28)27(13-12-25)20-6-4-3-5-7-20/h3-11H,13-16H2,1-2H3. The molecule has 8 nitrogen and oxygen atoms in total. The minimum absolute atomic E-state index is 0.0149. The molecule has 164 valence electrons. The number of aromatic nitrogens is 1. The molecule has 0 unspecified atom stereocenters. The van der Waals surface area contributed by atoms with Crippen molar-refractivity contribution in [2.45, 2.75) is 26.9 Å². The molecule has 0 atom stereocenters. The zero-order chi connectivity index (χ0) is 22.9. The smallest absolute Gasteiger partial charge is 0.310 e. The van der Waals surface area contributed by atoms with E-state index in [0.29, 0.717) is 18.0 Å². The lowest BCUT2D eigenvalue weighted by Gasteiger charge is -2.19. The Bertz CT molecular complexity index is 1080. The zero-order valence-corrected chi connectivity index (χ0v) is 17.9. The van der Waals surface area contributed by atoms with Crippen molar-refractivity contribution in [1.29, 1.82) is 5.26 Å². The van der Waals surface area contributed by atoms with Gasteiger partial charge in [0.2, 0.25) is 0 Å². The number of carbonyl (C=O) groups excluding carboxylic acids is 2. The zero-order valence-electron chi connectivity index (χ0n) is 17.9. The average molecular weight is 433 g/mol. The van der Waals surface area contributed by atoms with Crippen molar-refractivity contribution in [3.8, 4) is 11.8 Å². The average Bonchev–Trinajstić information content (AvgIpc) is 3.13. The minimum atomic E-state index is -0.535. The second-order valence-electron chi connectivity index (χ2n) is 7.05. The summed E-state index contributed by atoms with van der Waals surface area (Å²) in [6.07, 6.45) is 0.0149. The van der Waals surface area contributed by atoms with Crippen LogP contribution in [-0.4, -0.2) is 30.2 Å². The van der Waals surface area contributed by atoms with Crippen molar-refractivity contribution in [3.05, 3.63) is 77.2 Å². The first-order valence-corrected chi connectivity index (χ1v) is 9.99. The van der Waals surface area contributed by atoms with Gasteiger partial charge in [0.05, 0.1) is 23.7 Å². The normalized spacial score (nSPS) is 10.3. The molecule has 1 aromatic heterocycles. The number of esters is 1. The van der Waals surface area contributed by atoms with Gasteiger partial charge < -0.3 is 14.0 Å². The minimum Gasteiger partial charge on any atom is -0.489 e. The van der Waals surface area contributed by atoms with E-state index < -0.39 is 18.5 Å². The van der Waals surface area contributed by atoms with E-state index in [1.807, 2.05) is 26.0 Å². The van der Waals surface area contributed by atoms with Gasteiger partial charge in [-0.05, 0) is 43.7 Å². The van der Waals surface area contributed by atoms with Gasteiger partial charge in [0.25, 0.3) is 5.91 Å². The number of hydrogen-bond donors (Lipinski definition) is 0. The summed E-state index contributed by atoms with van der Waals surface area (Å²) in [4.78, 5) is 25.9. The quantitative estimate of drug-likeness (QED) is 0.375. The van der Waals surface area contributed by atoms with Gasteiger partial charge in [-0.3, -0.25) is 14.5 Å². The molecule has 0 aliphatic heterocycles. The molecule has 0 fully saturated rings. The lowest BCUT2D eigenvalue weighted by atomic mass is 10.1. The Morgan fingerprint density at radius 2 is 1.81 bits per heavy atom. The van der Waals surface area contributed by atoms with Gasteiger partial charge >= 0.3 is 5.97 Å². The Kier molecular flexibility index (Phi) is 7.60. The molecule has 0 radical (unpaired) electrons. The molecule has 0 bridgehead atoms. The Labute approximate surface area is 185 Å². The van der Waals surface area contributed by atoms with Gasteiger partial charge in [0.15, 0.2) is 6.61 Å². The lowest BCUT2D eigenvalue weighted by molar-refractivity contribution is -0.147. The number of anilines is 1. The number of benzene rings is 2. The summed E-state index contributed by atoms with van der Waals surface area (Å²) in [5.41, 5.74) is 2.99. The van der Waals surface area contributed by atoms with Crippen LogP contribution in [0.1, 0.15) is 22.6 Å². The first kappa shape index (κ1) is 22.6. The summed E-state index contributed by atoms with van der Waals surface area (Å²) in [6, 6.07) is 17.8. The van der Waals surface area contributed by atoms with Crippen LogP contribution in [0.2, 0.25) is 0 Å². The monoisotopic (exact) mass is 433 g/mol. The highest BCUT2D eigenvalue weighted by Gasteiger charge is 2.17. The van der Waals surface area contributed by atoms with Crippen molar-refractivity contribution in [3.63, 3.8) is 0 Å². The topological polar surface area (TPSA) is 106 Å². The highest BCUT2D eigenvalue weighted by molar-refractivity contribution is 5.95. The Balaban J connectivity index is 1.49. The molecule has 0 aliphatic carbocycles. The van der Waals surface area contributed by atoms with Crippen LogP contribution in [0.25, 0.3) is 0 Å². The number of aryl methyl sites for hydroxylation is 2. The fraction of sp³-hybridized carbons (Fsp3) is 0.250. The number of para-hydroxylation sites is 1. The van der Waals surface area contributed by atoms with E-state index in [1.165, 1.54) is 4.90 Å². The van der Waals surface area contributed by atoms with Crippen LogP contribution in [0.3, 0.4) is 0 Å². The molecule has 32 heavy (non-hydrogen) atoms. The van der Waals surface area contributed by atoms with Crippen molar-refractivity contribution in [2.75, 3.05) is 18.1 Å². The Hall–Kier alpha value is -4.12. The third-order valence-corrected chi connectivity index (χ3v) is 4.79. The number of nitriles is 1. The van der Waals surface area contributed by atoms with Crippen molar-refractivity contribution >= 4 is 17.6 Å². The van der Waals surface area contributed by atoms with Crippen LogP contribution in [0, 0.1) is 25.2 Å². The second-order valence-corrected chi connectivity index (χ2v) is 7.05. The number of rotatable bonds is 9. The molecule has 0 saturated carbocycles. The van der Waals surface area contributed by atoms with E-state index in [-0.39, 0.29) is 13.0 Å². The summed E-state index contributed by atoms with van der Waals surface area (Å²) in [5, 5.41) is 12.9. The second kappa shape index (κ2) is 10.8. The van der Waals surface area contributed by atoms with Gasteiger partial charge in [-0.25, -0.2) is 0 Å². The van der Waals surface area contributed by atoms with E-state index in [2.05, 4.69) is 5.16 Å². The summed E-state index contributed by atoms with van der Waals surface area (Å²) >= 11 is 0. The highest BCUT2D eigenvalue weighted by atomic mass is 16.5.